The third kappa shape index (κ3) is 3.95. The summed E-state index contributed by atoms with van der Waals surface area (Å²) in [5.74, 6) is -2.01. The molecule has 5 nitrogen and oxygen atoms in total. The predicted molar refractivity (Wildman–Crippen MR) is 86.2 cm³/mol. The molecule has 0 aromatic heterocycles. The third-order valence-electron chi connectivity index (χ3n) is 3.33. The van der Waals surface area contributed by atoms with Gasteiger partial charge >= 0.3 is 0 Å². The fraction of sp³-hybridized carbons (Fsp3) is 0.167. The van der Waals surface area contributed by atoms with Crippen LogP contribution in [0.3, 0.4) is 0 Å². The number of benzene rings is 2. The smallest absolute Gasteiger partial charge is 0.249 e. The van der Waals surface area contributed by atoms with Crippen molar-refractivity contribution in [1.29, 1.82) is 5.26 Å². The molecule has 5 heteroatoms. The van der Waals surface area contributed by atoms with Crippen molar-refractivity contribution in [2.75, 3.05) is 12.4 Å². The molecule has 2 aromatic rings. The molecule has 0 saturated carbocycles. The summed E-state index contributed by atoms with van der Waals surface area (Å²) in [5, 5.41) is 11.8. The van der Waals surface area contributed by atoms with Gasteiger partial charge in [0.2, 0.25) is 5.91 Å². The second kappa shape index (κ2) is 7.23. The Labute approximate surface area is 134 Å². The standard InChI is InChI=1S/C18H16N2O3/c1-12-6-8-13(9-7-12)17(21)16(11-19)18(22)20-14-4-3-5-15(10-14)23-2/h3-10,16H,1-2H3,(H,20,22)/t16-/m1/s1. The Bertz CT molecular complexity index is 761. The molecule has 0 heterocycles. The lowest BCUT2D eigenvalue weighted by Gasteiger charge is -2.10. The van der Waals surface area contributed by atoms with Gasteiger partial charge in [-0.25, -0.2) is 0 Å². The maximum atomic E-state index is 12.3. The summed E-state index contributed by atoms with van der Waals surface area (Å²) in [7, 11) is 1.51. The largest absolute Gasteiger partial charge is 0.497 e. The molecule has 1 atom stereocenters. The Kier molecular flexibility index (Phi) is 5.11. The van der Waals surface area contributed by atoms with Crippen LogP contribution in [-0.4, -0.2) is 18.8 Å². The monoisotopic (exact) mass is 308 g/mol. The molecule has 2 rings (SSSR count). The highest BCUT2D eigenvalue weighted by Crippen LogP contribution is 2.18. The number of aryl methyl sites for hydroxylation is 1. The number of carbonyl (C=O) groups excluding carboxylic acids is 2. The van der Waals surface area contributed by atoms with E-state index in [1.165, 1.54) is 7.11 Å². The van der Waals surface area contributed by atoms with Crippen molar-refractivity contribution < 1.29 is 14.3 Å². The number of ether oxygens (including phenoxy) is 1. The van der Waals surface area contributed by atoms with Crippen LogP contribution in [0.4, 0.5) is 5.69 Å². The number of rotatable bonds is 5. The van der Waals surface area contributed by atoms with Gasteiger partial charge in [0.25, 0.3) is 0 Å². The first-order valence-electron chi connectivity index (χ1n) is 7.00. The molecule has 1 N–H and O–H groups in total. The summed E-state index contributed by atoms with van der Waals surface area (Å²) in [6.45, 7) is 1.89. The normalized spacial score (nSPS) is 11.2. The summed E-state index contributed by atoms with van der Waals surface area (Å²) >= 11 is 0. The number of anilines is 1. The van der Waals surface area contributed by atoms with E-state index in [0.717, 1.165) is 5.56 Å². The van der Waals surface area contributed by atoms with Gasteiger partial charge in [-0.15, -0.1) is 0 Å². The Balaban J connectivity index is 2.16. The molecular formula is C18H16N2O3. The minimum absolute atomic E-state index is 0.336. The average Bonchev–Trinajstić information content (AvgIpc) is 2.56. The quantitative estimate of drug-likeness (QED) is 0.680. The van der Waals surface area contributed by atoms with E-state index in [1.54, 1.807) is 54.6 Å². The van der Waals surface area contributed by atoms with Crippen LogP contribution >= 0.6 is 0 Å². The number of Topliss-reactive ketones (excluding diaryl/α,β-unsaturated/α-hetero) is 1. The zero-order valence-electron chi connectivity index (χ0n) is 12.9. The zero-order chi connectivity index (χ0) is 16.8. The molecule has 1 amide bonds. The lowest BCUT2D eigenvalue weighted by Crippen LogP contribution is -2.28. The van der Waals surface area contributed by atoms with Crippen LogP contribution in [0.2, 0.25) is 0 Å². The number of hydrogen-bond donors (Lipinski definition) is 1. The highest BCUT2D eigenvalue weighted by Gasteiger charge is 2.27. The Morgan fingerprint density at radius 1 is 1.17 bits per heavy atom. The molecule has 116 valence electrons. The molecule has 0 radical (unpaired) electrons. The molecule has 0 spiro atoms. The van der Waals surface area contributed by atoms with Gasteiger partial charge < -0.3 is 10.1 Å². The van der Waals surface area contributed by atoms with Gasteiger partial charge in [-0.1, -0.05) is 35.9 Å². The number of hydrogen-bond acceptors (Lipinski definition) is 4. The number of nitrogens with one attached hydrogen (secondary N) is 1. The van der Waals surface area contributed by atoms with Gasteiger partial charge in [0.1, 0.15) is 5.75 Å². The molecule has 0 aliphatic rings. The van der Waals surface area contributed by atoms with Gasteiger partial charge in [-0.2, -0.15) is 5.26 Å². The zero-order valence-corrected chi connectivity index (χ0v) is 12.9. The highest BCUT2D eigenvalue weighted by molar-refractivity contribution is 6.15. The second-order valence-corrected chi connectivity index (χ2v) is 5.01. The first-order chi connectivity index (χ1) is 11.0. The molecule has 23 heavy (non-hydrogen) atoms. The van der Waals surface area contributed by atoms with E-state index in [9.17, 15) is 14.9 Å². The van der Waals surface area contributed by atoms with Crippen molar-refractivity contribution >= 4 is 17.4 Å². The van der Waals surface area contributed by atoms with Gasteiger partial charge in [0.05, 0.1) is 13.2 Å². The van der Waals surface area contributed by atoms with E-state index in [0.29, 0.717) is 17.0 Å². The molecule has 0 fully saturated rings. The van der Waals surface area contributed by atoms with Gasteiger partial charge in [-0.3, -0.25) is 9.59 Å². The Morgan fingerprint density at radius 2 is 1.87 bits per heavy atom. The van der Waals surface area contributed by atoms with Gasteiger partial charge in [0.15, 0.2) is 11.7 Å². The number of nitriles is 1. The maximum Gasteiger partial charge on any atom is 0.249 e. The SMILES string of the molecule is COc1cccc(NC(=O)[C@H](C#N)C(=O)c2ccc(C)cc2)c1. The predicted octanol–water partition coefficient (Wildman–Crippen LogP) is 2.96. The lowest BCUT2D eigenvalue weighted by molar-refractivity contribution is -0.117. The molecule has 0 aliphatic carbocycles. The molecule has 0 unspecified atom stereocenters. The molecule has 0 saturated heterocycles. The van der Waals surface area contributed by atoms with Crippen LogP contribution in [-0.2, 0) is 4.79 Å². The van der Waals surface area contributed by atoms with Gasteiger partial charge in [0, 0.05) is 17.3 Å². The fourth-order valence-electron chi connectivity index (χ4n) is 2.04. The van der Waals surface area contributed by atoms with Crippen LogP contribution in [0.25, 0.3) is 0 Å². The van der Waals surface area contributed by atoms with Crippen LogP contribution in [0.15, 0.2) is 48.5 Å². The average molecular weight is 308 g/mol. The molecule has 2 aromatic carbocycles. The second-order valence-electron chi connectivity index (χ2n) is 5.01. The minimum atomic E-state index is -1.40. The molecular weight excluding hydrogens is 292 g/mol. The summed E-state index contributed by atoms with van der Waals surface area (Å²) in [6, 6.07) is 15.2. The first kappa shape index (κ1) is 16.2. The Morgan fingerprint density at radius 3 is 2.48 bits per heavy atom. The molecule has 0 aliphatic heterocycles. The number of methoxy groups -OCH3 is 1. The van der Waals surface area contributed by atoms with Crippen molar-refractivity contribution in [3.05, 3.63) is 59.7 Å². The summed E-state index contributed by atoms with van der Waals surface area (Å²) in [4.78, 5) is 24.6. The fourth-order valence-corrected chi connectivity index (χ4v) is 2.04. The number of amides is 1. The van der Waals surface area contributed by atoms with Crippen molar-refractivity contribution in [2.45, 2.75) is 6.92 Å². The van der Waals surface area contributed by atoms with E-state index in [1.807, 2.05) is 6.92 Å². The first-order valence-corrected chi connectivity index (χ1v) is 7.00. The van der Waals surface area contributed by atoms with Crippen LogP contribution < -0.4 is 10.1 Å². The Hall–Kier alpha value is -3.13. The van der Waals surface area contributed by atoms with Crippen molar-refractivity contribution in [3.8, 4) is 11.8 Å². The summed E-state index contributed by atoms with van der Waals surface area (Å²) in [5.41, 5.74) is 1.80. The topological polar surface area (TPSA) is 79.2 Å². The van der Waals surface area contributed by atoms with Crippen LogP contribution in [0.1, 0.15) is 15.9 Å². The van der Waals surface area contributed by atoms with E-state index >= 15 is 0 Å². The number of nitrogens with zero attached hydrogens (tertiary/aromatic N) is 1. The lowest BCUT2D eigenvalue weighted by atomic mass is 9.97. The van der Waals surface area contributed by atoms with Crippen LogP contribution in [0, 0.1) is 24.2 Å². The van der Waals surface area contributed by atoms with E-state index < -0.39 is 17.6 Å². The van der Waals surface area contributed by atoms with E-state index in [-0.39, 0.29) is 0 Å². The van der Waals surface area contributed by atoms with Crippen LogP contribution in [0.5, 0.6) is 5.75 Å². The van der Waals surface area contributed by atoms with Crippen molar-refractivity contribution in [2.24, 2.45) is 5.92 Å². The highest BCUT2D eigenvalue weighted by atomic mass is 16.5. The van der Waals surface area contributed by atoms with Crippen molar-refractivity contribution in [3.63, 3.8) is 0 Å². The minimum Gasteiger partial charge on any atom is -0.497 e. The summed E-state index contributed by atoms with van der Waals surface area (Å²) in [6.07, 6.45) is 0. The van der Waals surface area contributed by atoms with E-state index in [2.05, 4.69) is 5.32 Å². The van der Waals surface area contributed by atoms with Crippen molar-refractivity contribution in [1.82, 2.24) is 0 Å². The maximum absolute atomic E-state index is 12.3. The molecule has 0 bridgehead atoms. The van der Waals surface area contributed by atoms with E-state index in [4.69, 9.17) is 4.74 Å². The van der Waals surface area contributed by atoms with Gasteiger partial charge in [-0.05, 0) is 19.1 Å². The number of carbonyl (C=O) groups is 2. The number of ketones is 1. The third-order valence-corrected chi connectivity index (χ3v) is 3.33. The summed E-state index contributed by atoms with van der Waals surface area (Å²) < 4.78 is 5.07.